The van der Waals surface area contributed by atoms with Crippen LogP contribution in [0.5, 0.6) is 11.5 Å². The first-order chi connectivity index (χ1) is 26.8. The maximum atomic E-state index is 13.6. The third kappa shape index (κ3) is 7.16. The fraction of sp³-hybridized carbons (Fsp3) is 0.0732. The molecule has 0 fully saturated rings. The van der Waals surface area contributed by atoms with E-state index < -0.39 is 5.82 Å². The Labute approximate surface area is 334 Å². The van der Waals surface area contributed by atoms with Crippen molar-refractivity contribution in [2.24, 2.45) is 0 Å². The molecule has 14 heteroatoms. The molecule has 272 valence electrons. The van der Waals surface area contributed by atoms with Gasteiger partial charge in [-0.25, -0.2) is 13.8 Å². The van der Waals surface area contributed by atoms with Crippen LogP contribution in [0.2, 0.25) is 0 Å². The third-order valence-corrected chi connectivity index (χ3v) is 9.28. The molecular formula is C41H26BrF2IN6O4. The number of alkyl halides is 1. The van der Waals surface area contributed by atoms with Crippen LogP contribution >= 0.6 is 38.5 Å². The number of hydrogen-bond acceptors (Lipinski definition) is 8. The van der Waals surface area contributed by atoms with Crippen LogP contribution in [-0.2, 0) is 13.2 Å². The summed E-state index contributed by atoms with van der Waals surface area (Å²) in [7, 11) is 0. The van der Waals surface area contributed by atoms with E-state index in [-0.39, 0.29) is 35.8 Å². The normalized spacial score (nSPS) is 11.6. The number of halogens is 4. The Kier molecular flexibility index (Phi) is 10.9. The Morgan fingerprint density at radius 1 is 0.655 bits per heavy atom. The molecule has 5 aromatic heterocycles. The number of ether oxygens (including phenoxy) is 2. The second-order valence-corrected chi connectivity index (χ2v) is 12.6. The summed E-state index contributed by atoms with van der Waals surface area (Å²) in [6, 6.07) is 27.5. The van der Waals surface area contributed by atoms with Gasteiger partial charge in [0, 0.05) is 46.7 Å². The molecular weight excluding hydrogens is 885 g/mol. The third-order valence-electron chi connectivity index (χ3n) is 8.72. The van der Waals surface area contributed by atoms with Crippen LogP contribution in [0.3, 0.4) is 0 Å². The van der Waals surface area contributed by atoms with Crippen molar-refractivity contribution >= 4 is 38.5 Å². The Bertz CT molecular complexity index is 2730. The van der Waals surface area contributed by atoms with Gasteiger partial charge in [0.05, 0.1) is 21.4 Å². The van der Waals surface area contributed by atoms with Gasteiger partial charge in [-0.05, 0) is 118 Å². The highest BCUT2D eigenvalue weighted by atomic mass is 127. The fourth-order valence-electron chi connectivity index (χ4n) is 6.31. The van der Waals surface area contributed by atoms with Gasteiger partial charge in [0.25, 0.3) is 11.1 Å². The van der Waals surface area contributed by atoms with Crippen LogP contribution in [0.1, 0.15) is 17.1 Å². The molecule has 0 unspecified atom stereocenters. The lowest BCUT2D eigenvalue weighted by Crippen LogP contribution is -2.27. The van der Waals surface area contributed by atoms with Gasteiger partial charge in [-0.2, -0.15) is 5.26 Å². The molecule has 0 saturated heterocycles. The van der Waals surface area contributed by atoms with Crippen LogP contribution in [0.25, 0.3) is 45.0 Å². The smallest absolute Gasteiger partial charge is 0.269 e. The maximum absolute atomic E-state index is 13.6. The van der Waals surface area contributed by atoms with Crippen molar-refractivity contribution in [3.05, 3.63) is 170 Å². The van der Waals surface area contributed by atoms with Gasteiger partial charge in [0.2, 0.25) is 0 Å². The summed E-state index contributed by atoms with van der Waals surface area (Å²) in [5.74, 6) is 0.524. The number of hydrogen-bond donors (Lipinski definition) is 0. The lowest BCUT2D eigenvalue weighted by atomic mass is 9.98. The van der Waals surface area contributed by atoms with E-state index in [0.29, 0.717) is 66.8 Å². The van der Waals surface area contributed by atoms with Gasteiger partial charge < -0.3 is 9.47 Å². The highest BCUT2D eigenvalue weighted by Crippen LogP contribution is 2.39. The van der Waals surface area contributed by atoms with Gasteiger partial charge in [0.1, 0.15) is 59.5 Å². The summed E-state index contributed by atoms with van der Waals surface area (Å²) in [4.78, 5) is 41.0. The summed E-state index contributed by atoms with van der Waals surface area (Å²) in [5, 5.41) is 9.49. The Morgan fingerprint density at radius 3 is 1.65 bits per heavy atom. The standard InChI is InChI=1S/C23H13FN4O2.C17H10BrFN2O2.CH3I/c24-14-5-7-15(8-6-14)28-20-13-30-21-4-2-10-27-22(21)18(20)11-17(23(28)29)16-3-1-9-26-19(16)12-25;18-13-8-12-14(9-23-15-2-1-7-20-16(12)15)21(17(13)22)11-5-3-10(19)4-6-11;1-2/h1-11H,13H2;1-8H,9H2;1H3. The maximum Gasteiger partial charge on any atom is 0.269 e. The summed E-state index contributed by atoms with van der Waals surface area (Å²) >= 11 is 5.46. The zero-order valence-electron chi connectivity index (χ0n) is 28.7. The largest absolute Gasteiger partial charge is 0.485 e. The number of pyridine rings is 5. The summed E-state index contributed by atoms with van der Waals surface area (Å²) in [5.41, 5.74) is 5.48. The van der Waals surface area contributed by atoms with Crippen LogP contribution in [0, 0.1) is 23.0 Å². The number of nitrogens with zero attached hydrogens (tertiary/aromatic N) is 6. The monoisotopic (exact) mass is 910 g/mol. The molecule has 7 aromatic rings. The molecule has 2 aliphatic heterocycles. The van der Waals surface area contributed by atoms with E-state index in [9.17, 15) is 23.6 Å². The van der Waals surface area contributed by atoms with E-state index >= 15 is 0 Å². The van der Waals surface area contributed by atoms with E-state index in [1.165, 1.54) is 51.7 Å². The summed E-state index contributed by atoms with van der Waals surface area (Å²) in [6.07, 6.45) is 4.83. The Balaban J connectivity index is 0.000000167. The fourth-order valence-corrected chi connectivity index (χ4v) is 6.72. The lowest BCUT2D eigenvalue weighted by molar-refractivity contribution is 0.292. The van der Waals surface area contributed by atoms with Crippen LogP contribution in [0.15, 0.2) is 130 Å². The second kappa shape index (κ2) is 16.1. The van der Waals surface area contributed by atoms with Gasteiger partial charge in [-0.15, -0.1) is 0 Å². The average Bonchev–Trinajstić information content (AvgIpc) is 3.23. The molecule has 7 heterocycles. The molecule has 0 amide bonds. The lowest BCUT2D eigenvalue weighted by Gasteiger charge is -2.24. The van der Waals surface area contributed by atoms with Crippen molar-refractivity contribution in [2.75, 3.05) is 4.93 Å². The van der Waals surface area contributed by atoms with Crippen molar-refractivity contribution in [3.63, 3.8) is 0 Å². The highest BCUT2D eigenvalue weighted by molar-refractivity contribution is 14.1. The molecule has 0 aliphatic carbocycles. The second-order valence-electron chi connectivity index (χ2n) is 11.8. The van der Waals surface area contributed by atoms with Crippen LogP contribution in [-0.4, -0.2) is 29.0 Å². The quantitative estimate of drug-likeness (QED) is 0.128. The predicted molar refractivity (Wildman–Crippen MR) is 215 cm³/mol. The molecule has 0 N–H and O–H groups in total. The van der Waals surface area contributed by atoms with Gasteiger partial charge in [-0.3, -0.25) is 28.7 Å². The zero-order chi connectivity index (χ0) is 38.6. The van der Waals surface area contributed by atoms with Gasteiger partial charge in [0.15, 0.2) is 0 Å². The number of fused-ring (bicyclic) bond motifs is 6. The zero-order valence-corrected chi connectivity index (χ0v) is 32.5. The molecule has 9 rings (SSSR count). The minimum absolute atomic E-state index is 0.147. The number of benzene rings is 2. The molecule has 0 bridgehead atoms. The SMILES string of the molecule is CI.N#Cc1ncccc1-c1cc2c(n(-c3ccc(F)cc3)c1=O)COc1cccnc1-2.O=c1c(Br)cc2c(n1-c1ccc(F)cc1)COc1cccnc1-2. The van der Waals surface area contributed by atoms with Crippen molar-refractivity contribution in [2.45, 2.75) is 13.2 Å². The molecule has 0 radical (unpaired) electrons. The molecule has 0 saturated carbocycles. The van der Waals surface area contributed by atoms with E-state index in [4.69, 9.17) is 9.47 Å². The topological polar surface area (TPSA) is 125 Å². The van der Waals surface area contributed by atoms with E-state index in [1.807, 2.05) is 23.1 Å². The van der Waals surface area contributed by atoms with E-state index in [2.05, 4.69) is 53.5 Å². The van der Waals surface area contributed by atoms with Crippen LogP contribution < -0.4 is 20.6 Å². The van der Waals surface area contributed by atoms with Crippen molar-refractivity contribution in [3.8, 4) is 62.6 Å². The summed E-state index contributed by atoms with van der Waals surface area (Å²) < 4.78 is 41.7. The van der Waals surface area contributed by atoms with Crippen molar-refractivity contribution in [1.82, 2.24) is 24.1 Å². The summed E-state index contributed by atoms with van der Waals surface area (Å²) in [6.45, 7) is 0.396. The van der Waals surface area contributed by atoms with Gasteiger partial charge >= 0.3 is 0 Å². The number of aromatic nitrogens is 5. The van der Waals surface area contributed by atoms with E-state index in [0.717, 1.165) is 5.56 Å². The molecule has 10 nitrogen and oxygen atoms in total. The first-order valence-corrected chi connectivity index (χ1v) is 19.4. The van der Waals surface area contributed by atoms with Crippen LogP contribution in [0.4, 0.5) is 8.78 Å². The molecule has 2 aliphatic rings. The molecule has 0 atom stereocenters. The van der Waals surface area contributed by atoms with Crippen molar-refractivity contribution in [1.29, 1.82) is 5.26 Å². The minimum Gasteiger partial charge on any atom is -0.485 e. The Morgan fingerprint density at radius 2 is 1.13 bits per heavy atom. The first-order valence-electron chi connectivity index (χ1n) is 16.5. The Hall–Kier alpha value is -6.05. The van der Waals surface area contributed by atoms with Crippen molar-refractivity contribution < 1.29 is 18.3 Å². The van der Waals surface area contributed by atoms with Gasteiger partial charge in [-0.1, -0.05) is 22.6 Å². The average molecular weight is 912 g/mol. The predicted octanol–water partition coefficient (Wildman–Crippen LogP) is 8.61. The molecule has 55 heavy (non-hydrogen) atoms. The minimum atomic E-state index is -0.404. The molecule has 0 spiro atoms. The first kappa shape index (κ1) is 37.3. The van der Waals surface area contributed by atoms with E-state index in [1.54, 1.807) is 60.9 Å². The number of nitriles is 1. The number of rotatable bonds is 3. The highest BCUT2D eigenvalue weighted by Gasteiger charge is 2.27. The molecule has 2 aromatic carbocycles.